The molecule has 238 valence electrons. The third-order valence-corrected chi connectivity index (χ3v) is 7.73. The van der Waals surface area contributed by atoms with Gasteiger partial charge in [-0.15, -0.1) is 0 Å². The predicted molar refractivity (Wildman–Crippen MR) is 177 cm³/mol. The minimum atomic E-state index is -1.29. The summed E-state index contributed by atoms with van der Waals surface area (Å²) in [7, 11) is 0. The number of carbonyl (C=O) groups excluding carboxylic acids is 3. The van der Waals surface area contributed by atoms with Crippen molar-refractivity contribution in [2.75, 3.05) is 18.5 Å². The molecular formula is C36H49N3O5. The van der Waals surface area contributed by atoms with Crippen LogP contribution in [-0.2, 0) is 14.3 Å². The summed E-state index contributed by atoms with van der Waals surface area (Å²) < 4.78 is 5.37. The number of benzene rings is 3. The van der Waals surface area contributed by atoms with Gasteiger partial charge in [-0.1, -0.05) is 87.6 Å². The fourth-order valence-corrected chi connectivity index (χ4v) is 5.26. The van der Waals surface area contributed by atoms with Gasteiger partial charge in [0.15, 0.2) is 0 Å². The molecule has 0 heterocycles. The molecule has 3 rings (SSSR count). The van der Waals surface area contributed by atoms with E-state index in [9.17, 15) is 19.5 Å². The largest absolute Gasteiger partial charge is 0.444 e. The van der Waals surface area contributed by atoms with E-state index in [1.54, 1.807) is 20.8 Å². The second-order valence-electron chi connectivity index (χ2n) is 12.4. The second-order valence-corrected chi connectivity index (χ2v) is 12.4. The lowest BCUT2D eigenvalue weighted by molar-refractivity contribution is -0.141. The van der Waals surface area contributed by atoms with Crippen LogP contribution < -0.4 is 10.6 Å². The number of aliphatic hydroxyl groups is 1. The van der Waals surface area contributed by atoms with Crippen LogP contribution in [0.1, 0.15) is 89.0 Å². The van der Waals surface area contributed by atoms with E-state index in [0.717, 1.165) is 54.0 Å². The molecule has 8 heteroatoms. The van der Waals surface area contributed by atoms with Crippen LogP contribution in [0.15, 0.2) is 60.7 Å². The summed E-state index contributed by atoms with van der Waals surface area (Å²) in [5.41, 5.74) is 2.40. The maximum atomic E-state index is 14.3. The zero-order valence-electron chi connectivity index (χ0n) is 27.1. The second kappa shape index (κ2) is 16.2. The lowest BCUT2D eigenvalue weighted by Gasteiger charge is -2.35. The summed E-state index contributed by atoms with van der Waals surface area (Å²) in [4.78, 5) is 42.6. The van der Waals surface area contributed by atoms with Gasteiger partial charge in [0, 0.05) is 12.2 Å². The van der Waals surface area contributed by atoms with Crippen LogP contribution in [0.3, 0.4) is 0 Å². The summed E-state index contributed by atoms with van der Waals surface area (Å²) in [6.45, 7) is 10.9. The molecule has 0 aromatic heterocycles. The van der Waals surface area contributed by atoms with Gasteiger partial charge < -0.3 is 25.4 Å². The van der Waals surface area contributed by atoms with Crippen molar-refractivity contribution in [3.05, 3.63) is 77.4 Å². The van der Waals surface area contributed by atoms with Crippen LogP contribution in [-0.4, -0.2) is 52.7 Å². The monoisotopic (exact) mass is 603 g/mol. The number of hydrogen-bond donors (Lipinski definition) is 3. The molecule has 3 aromatic rings. The number of fused-ring (bicyclic) bond motifs is 1. The first-order valence-electron chi connectivity index (χ1n) is 15.7. The molecule has 2 atom stereocenters. The van der Waals surface area contributed by atoms with Crippen LogP contribution in [0, 0.1) is 13.8 Å². The Hall–Kier alpha value is -3.91. The number of rotatable bonds is 14. The highest BCUT2D eigenvalue weighted by Crippen LogP contribution is 2.30. The van der Waals surface area contributed by atoms with Gasteiger partial charge in [-0.25, -0.2) is 4.79 Å². The van der Waals surface area contributed by atoms with Gasteiger partial charge in [-0.05, 0) is 80.6 Å². The van der Waals surface area contributed by atoms with Crippen molar-refractivity contribution in [1.29, 1.82) is 0 Å². The van der Waals surface area contributed by atoms with Gasteiger partial charge in [0.2, 0.25) is 5.91 Å². The number of nitrogens with one attached hydrogen (secondary N) is 2. The molecule has 0 aliphatic heterocycles. The fraction of sp³-hybridized carbons (Fsp3) is 0.472. The normalized spacial score (nSPS) is 12.8. The van der Waals surface area contributed by atoms with Crippen LogP contribution in [0.25, 0.3) is 10.8 Å². The quantitative estimate of drug-likeness (QED) is 0.169. The Morgan fingerprint density at radius 1 is 0.886 bits per heavy atom. The van der Waals surface area contributed by atoms with Crippen molar-refractivity contribution in [2.24, 2.45) is 0 Å². The highest BCUT2D eigenvalue weighted by atomic mass is 16.6. The third kappa shape index (κ3) is 9.81. The maximum absolute atomic E-state index is 14.3. The minimum absolute atomic E-state index is 0.278. The molecule has 3 amide bonds. The van der Waals surface area contributed by atoms with Crippen LogP contribution in [0.5, 0.6) is 0 Å². The van der Waals surface area contributed by atoms with Crippen LogP contribution in [0.4, 0.5) is 10.5 Å². The molecule has 0 spiro atoms. The summed E-state index contributed by atoms with van der Waals surface area (Å²) >= 11 is 0. The lowest BCUT2D eigenvalue weighted by atomic mass is 9.94. The van der Waals surface area contributed by atoms with Gasteiger partial charge in [0.25, 0.3) is 5.91 Å². The van der Waals surface area contributed by atoms with Crippen LogP contribution >= 0.6 is 0 Å². The molecule has 0 bridgehead atoms. The number of ether oxygens (including phenoxy) is 1. The number of hydrogen-bond acceptors (Lipinski definition) is 5. The third-order valence-electron chi connectivity index (χ3n) is 7.73. The molecule has 8 nitrogen and oxygen atoms in total. The van der Waals surface area contributed by atoms with E-state index in [1.807, 2.05) is 74.5 Å². The van der Waals surface area contributed by atoms with Crippen molar-refractivity contribution in [3.63, 3.8) is 0 Å². The number of unbranched alkanes of at least 4 members (excludes halogenated alkanes) is 5. The van der Waals surface area contributed by atoms with E-state index in [-0.39, 0.29) is 12.5 Å². The molecule has 0 aliphatic carbocycles. The molecule has 0 radical (unpaired) electrons. The van der Waals surface area contributed by atoms with Gasteiger partial charge in [0.1, 0.15) is 17.7 Å². The predicted octanol–water partition coefficient (Wildman–Crippen LogP) is 7.21. The fourth-order valence-electron chi connectivity index (χ4n) is 5.26. The van der Waals surface area contributed by atoms with Gasteiger partial charge in [-0.3, -0.25) is 9.59 Å². The summed E-state index contributed by atoms with van der Waals surface area (Å²) in [6, 6.07) is 17.0. The number of nitrogens with zero attached hydrogens (tertiary/aromatic N) is 1. The average Bonchev–Trinajstić information content (AvgIpc) is 2.97. The van der Waals surface area contributed by atoms with Gasteiger partial charge >= 0.3 is 6.09 Å². The number of amides is 3. The van der Waals surface area contributed by atoms with Crippen molar-refractivity contribution < 1.29 is 24.2 Å². The molecule has 0 fully saturated rings. The summed E-state index contributed by atoms with van der Waals surface area (Å²) in [5.74, 6) is -0.922. The van der Waals surface area contributed by atoms with Crippen molar-refractivity contribution in [1.82, 2.24) is 10.2 Å². The van der Waals surface area contributed by atoms with Gasteiger partial charge in [-0.2, -0.15) is 0 Å². The van der Waals surface area contributed by atoms with Crippen molar-refractivity contribution in [2.45, 2.75) is 97.8 Å². The standard InChI is InChI=1S/C36H49N3O5/c1-7-8-9-10-11-14-22-39(34(42)31(24-40)38-35(43)44-36(4,5)6)32(30-19-15-16-25(2)26(30)3)33(41)37-29-21-20-27-17-12-13-18-28(27)23-29/h12-13,15-21,23,31-32,40H,7-11,14,22,24H2,1-6H3,(H,37,41)(H,38,43). The zero-order valence-corrected chi connectivity index (χ0v) is 27.1. The summed E-state index contributed by atoms with van der Waals surface area (Å²) in [6.07, 6.45) is 5.15. The zero-order chi connectivity index (χ0) is 32.3. The van der Waals surface area contributed by atoms with E-state index >= 15 is 0 Å². The van der Waals surface area contributed by atoms with E-state index in [1.165, 1.54) is 4.90 Å². The molecule has 3 aromatic carbocycles. The van der Waals surface area contributed by atoms with E-state index in [2.05, 4.69) is 17.6 Å². The summed E-state index contributed by atoms with van der Waals surface area (Å²) in [5, 5.41) is 17.9. The van der Waals surface area contributed by atoms with Crippen molar-refractivity contribution >= 4 is 34.4 Å². The highest BCUT2D eigenvalue weighted by Gasteiger charge is 2.37. The first-order valence-corrected chi connectivity index (χ1v) is 15.7. The first kappa shape index (κ1) is 34.6. The number of alkyl carbamates (subject to hydrolysis) is 1. The van der Waals surface area contributed by atoms with E-state index in [0.29, 0.717) is 17.7 Å². The lowest BCUT2D eigenvalue weighted by Crippen LogP contribution is -2.54. The molecule has 0 saturated heterocycles. The Kier molecular flexibility index (Phi) is 12.8. The number of anilines is 1. The molecule has 2 unspecified atom stereocenters. The molecule has 0 saturated carbocycles. The molecule has 3 N–H and O–H groups in total. The number of aliphatic hydroxyl groups excluding tert-OH is 1. The van der Waals surface area contributed by atoms with Crippen LogP contribution in [0.2, 0.25) is 0 Å². The van der Waals surface area contributed by atoms with E-state index in [4.69, 9.17) is 4.74 Å². The topological polar surface area (TPSA) is 108 Å². The Balaban J connectivity index is 2.01. The first-order chi connectivity index (χ1) is 20.9. The number of carbonyl (C=O) groups is 3. The SMILES string of the molecule is CCCCCCCCN(C(=O)C(CO)NC(=O)OC(C)(C)C)C(C(=O)Nc1ccc2ccccc2c1)c1cccc(C)c1C. The highest BCUT2D eigenvalue weighted by molar-refractivity contribution is 6.00. The minimum Gasteiger partial charge on any atom is -0.444 e. The maximum Gasteiger partial charge on any atom is 0.408 e. The average molecular weight is 604 g/mol. The Bertz CT molecular complexity index is 1410. The molecule has 44 heavy (non-hydrogen) atoms. The number of aryl methyl sites for hydroxylation is 1. The Morgan fingerprint density at radius 3 is 2.25 bits per heavy atom. The van der Waals surface area contributed by atoms with Crippen molar-refractivity contribution in [3.8, 4) is 0 Å². The smallest absolute Gasteiger partial charge is 0.408 e. The van der Waals surface area contributed by atoms with E-state index < -0.39 is 36.3 Å². The molecule has 0 aliphatic rings. The Morgan fingerprint density at radius 2 is 1.57 bits per heavy atom. The molecular weight excluding hydrogens is 554 g/mol. The van der Waals surface area contributed by atoms with Gasteiger partial charge in [0.05, 0.1) is 6.61 Å². The Labute approximate surface area is 262 Å².